The number of oxazole rings is 2. The van der Waals surface area contributed by atoms with Gasteiger partial charge in [0.25, 0.3) is 0 Å². The SMILES string of the molecule is N#Cc1nc(/C=C\c2cccs2)oc1N1CCN(c2oc(-c3cccs3)nc2C#N)CC1. The lowest BCUT2D eigenvalue weighted by molar-refractivity contribution is 0.495. The largest absolute Gasteiger partial charge is 0.420 e. The molecule has 0 bridgehead atoms. The second kappa shape index (κ2) is 8.71. The van der Waals surface area contributed by atoms with E-state index in [1.807, 2.05) is 50.9 Å². The van der Waals surface area contributed by atoms with Crippen molar-refractivity contribution < 1.29 is 8.83 Å². The number of thiophene rings is 2. The van der Waals surface area contributed by atoms with Gasteiger partial charge in [-0.15, -0.1) is 22.7 Å². The second-order valence-electron chi connectivity index (χ2n) is 6.90. The number of hydrogen-bond acceptors (Lipinski definition) is 10. The smallest absolute Gasteiger partial charge is 0.240 e. The summed E-state index contributed by atoms with van der Waals surface area (Å²) >= 11 is 3.13. The molecule has 0 aromatic carbocycles. The fraction of sp³-hybridized carbons (Fsp3) is 0.182. The normalized spacial score (nSPS) is 14.1. The molecule has 1 aliphatic heterocycles. The topological polar surface area (TPSA) is 106 Å². The van der Waals surface area contributed by atoms with E-state index in [2.05, 4.69) is 22.1 Å². The Balaban J connectivity index is 1.31. The van der Waals surface area contributed by atoms with Gasteiger partial charge < -0.3 is 18.6 Å². The first-order valence-corrected chi connectivity index (χ1v) is 11.6. The van der Waals surface area contributed by atoms with E-state index in [4.69, 9.17) is 8.83 Å². The van der Waals surface area contributed by atoms with Gasteiger partial charge in [-0.3, -0.25) is 0 Å². The highest BCUT2D eigenvalue weighted by molar-refractivity contribution is 7.13. The van der Waals surface area contributed by atoms with Gasteiger partial charge >= 0.3 is 0 Å². The lowest BCUT2D eigenvalue weighted by atomic mass is 10.3. The zero-order chi connectivity index (χ0) is 21.9. The highest BCUT2D eigenvalue weighted by atomic mass is 32.1. The molecule has 158 valence electrons. The van der Waals surface area contributed by atoms with E-state index in [9.17, 15) is 10.5 Å². The molecule has 4 aromatic rings. The molecule has 0 radical (unpaired) electrons. The molecule has 0 N–H and O–H groups in total. The number of hydrogen-bond donors (Lipinski definition) is 0. The number of nitrogens with zero attached hydrogens (tertiary/aromatic N) is 6. The first-order chi connectivity index (χ1) is 15.7. The third kappa shape index (κ3) is 3.89. The van der Waals surface area contributed by atoms with Gasteiger partial charge in [-0.05, 0) is 29.0 Å². The standard InChI is InChI=1S/C22H16N6O2S2/c23-13-16-21(29-19(25-16)6-5-15-3-1-11-31-15)27-7-9-28(10-8-27)22-17(14-24)26-20(30-22)18-4-2-12-32-18/h1-6,11-12H,7-10H2/b6-5-. The second-order valence-corrected chi connectivity index (χ2v) is 8.83. The molecule has 5 heterocycles. The summed E-state index contributed by atoms with van der Waals surface area (Å²) in [7, 11) is 0. The molecule has 10 heteroatoms. The Bertz CT molecular complexity index is 1310. The van der Waals surface area contributed by atoms with E-state index >= 15 is 0 Å². The van der Waals surface area contributed by atoms with Gasteiger partial charge in [-0.2, -0.15) is 20.5 Å². The van der Waals surface area contributed by atoms with Crippen molar-refractivity contribution in [2.45, 2.75) is 0 Å². The summed E-state index contributed by atoms with van der Waals surface area (Å²) in [5.74, 6) is 1.80. The van der Waals surface area contributed by atoms with Gasteiger partial charge in [0.2, 0.25) is 34.9 Å². The van der Waals surface area contributed by atoms with Crippen LogP contribution in [0.3, 0.4) is 0 Å². The number of nitriles is 2. The van der Waals surface area contributed by atoms with Crippen LogP contribution in [0.5, 0.6) is 0 Å². The van der Waals surface area contributed by atoms with E-state index < -0.39 is 0 Å². The van der Waals surface area contributed by atoms with Crippen LogP contribution < -0.4 is 9.80 Å². The van der Waals surface area contributed by atoms with Crippen molar-refractivity contribution in [3.8, 4) is 22.9 Å². The Hall–Kier alpha value is -3.86. The van der Waals surface area contributed by atoms with Crippen molar-refractivity contribution in [1.29, 1.82) is 10.5 Å². The van der Waals surface area contributed by atoms with E-state index in [-0.39, 0.29) is 11.4 Å². The van der Waals surface area contributed by atoms with Gasteiger partial charge in [-0.1, -0.05) is 12.1 Å². The molecule has 0 amide bonds. The van der Waals surface area contributed by atoms with Crippen molar-refractivity contribution in [1.82, 2.24) is 9.97 Å². The molecular formula is C22H16N6O2S2. The molecule has 8 nitrogen and oxygen atoms in total. The van der Waals surface area contributed by atoms with Crippen LogP contribution in [0.15, 0.2) is 43.9 Å². The average Bonchev–Trinajstić information content (AvgIpc) is 3.63. The van der Waals surface area contributed by atoms with Crippen LogP contribution in [-0.4, -0.2) is 36.1 Å². The minimum absolute atomic E-state index is 0.265. The summed E-state index contributed by atoms with van der Waals surface area (Å²) in [5.41, 5.74) is 0.543. The summed E-state index contributed by atoms with van der Waals surface area (Å²) in [6.45, 7) is 2.38. The molecular weight excluding hydrogens is 444 g/mol. The van der Waals surface area contributed by atoms with Crippen LogP contribution in [0, 0.1) is 22.7 Å². The third-order valence-corrected chi connectivity index (χ3v) is 6.66. The molecule has 0 aliphatic carbocycles. The maximum atomic E-state index is 9.52. The molecule has 1 fully saturated rings. The third-order valence-electron chi connectivity index (χ3n) is 4.97. The first kappa shape index (κ1) is 20.1. The average molecular weight is 461 g/mol. The zero-order valence-corrected chi connectivity index (χ0v) is 18.4. The zero-order valence-electron chi connectivity index (χ0n) is 16.8. The summed E-state index contributed by atoms with van der Waals surface area (Å²) in [4.78, 5) is 14.6. The van der Waals surface area contributed by atoms with Crippen LogP contribution in [0.2, 0.25) is 0 Å². The maximum Gasteiger partial charge on any atom is 0.240 e. The minimum atomic E-state index is 0.265. The molecule has 0 saturated carbocycles. The van der Waals surface area contributed by atoms with E-state index in [0.29, 0.717) is 49.7 Å². The van der Waals surface area contributed by atoms with Crippen molar-refractivity contribution in [3.05, 3.63) is 57.2 Å². The Kier molecular flexibility index (Phi) is 5.46. The molecule has 32 heavy (non-hydrogen) atoms. The summed E-state index contributed by atoms with van der Waals surface area (Å²) < 4.78 is 11.8. The minimum Gasteiger partial charge on any atom is -0.420 e. The van der Waals surface area contributed by atoms with Gasteiger partial charge in [0.05, 0.1) is 4.88 Å². The summed E-state index contributed by atoms with van der Waals surface area (Å²) in [6, 6.07) is 12.1. The lowest BCUT2D eigenvalue weighted by Crippen LogP contribution is -2.46. The fourth-order valence-electron chi connectivity index (χ4n) is 3.44. The van der Waals surface area contributed by atoms with Crippen molar-refractivity contribution in [3.63, 3.8) is 0 Å². The van der Waals surface area contributed by atoms with Crippen LogP contribution >= 0.6 is 22.7 Å². The van der Waals surface area contributed by atoms with Gasteiger partial charge in [0.1, 0.15) is 12.1 Å². The Morgan fingerprint density at radius 2 is 1.50 bits per heavy atom. The van der Waals surface area contributed by atoms with E-state index in [0.717, 1.165) is 9.75 Å². The van der Waals surface area contributed by atoms with Gasteiger partial charge in [-0.25, -0.2) is 0 Å². The molecule has 0 unspecified atom stereocenters. The monoisotopic (exact) mass is 460 g/mol. The van der Waals surface area contributed by atoms with Crippen molar-refractivity contribution in [2.24, 2.45) is 0 Å². The number of piperazine rings is 1. The van der Waals surface area contributed by atoms with Crippen LogP contribution in [-0.2, 0) is 0 Å². The quantitative estimate of drug-likeness (QED) is 0.422. The molecule has 1 aliphatic rings. The highest BCUT2D eigenvalue weighted by Gasteiger charge is 2.28. The van der Waals surface area contributed by atoms with E-state index in [1.54, 1.807) is 17.4 Å². The molecule has 0 atom stereocenters. The molecule has 4 aromatic heterocycles. The van der Waals surface area contributed by atoms with Crippen LogP contribution in [0.4, 0.5) is 11.8 Å². The Labute approximate surface area is 191 Å². The Morgan fingerprint density at radius 1 is 0.844 bits per heavy atom. The van der Waals surface area contributed by atoms with Crippen LogP contribution in [0.25, 0.3) is 22.9 Å². The van der Waals surface area contributed by atoms with Gasteiger partial charge in [0.15, 0.2) is 0 Å². The van der Waals surface area contributed by atoms with Crippen molar-refractivity contribution in [2.75, 3.05) is 36.0 Å². The summed E-state index contributed by atoms with van der Waals surface area (Å²) in [5, 5.41) is 23.0. The number of rotatable bonds is 5. The molecule has 5 rings (SSSR count). The maximum absolute atomic E-state index is 9.52. The first-order valence-electron chi connectivity index (χ1n) is 9.82. The predicted molar refractivity (Wildman–Crippen MR) is 123 cm³/mol. The Morgan fingerprint density at radius 3 is 2.12 bits per heavy atom. The fourth-order valence-corrected chi connectivity index (χ4v) is 4.71. The van der Waals surface area contributed by atoms with Gasteiger partial charge in [0, 0.05) is 37.1 Å². The number of anilines is 2. The highest BCUT2D eigenvalue weighted by Crippen LogP contribution is 2.32. The molecule has 0 spiro atoms. The number of aromatic nitrogens is 2. The van der Waals surface area contributed by atoms with Crippen LogP contribution in [0.1, 0.15) is 22.2 Å². The predicted octanol–water partition coefficient (Wildman–Crippen LogP) is 4.69. The lowest BCUT2D eigenvalue weighted by Gasteiger charge is -2.34. The summed E-state index contributed by atoms with van der Waals surface area (Å²) in [6.07, 6.45) is 3.68. The van der Waals surface area contributed by atoms with E-state index in [1.165, 1.54) is 11.3 Å². The molecule has 1 saturated heterocycles. The van der Waals surface area contributed by atoms with Crippen molar-refractivity contribution >= 4 is 46.6 Å².